The van der Waals surface area contributed by atoms with Crippen LogP contribution in [0.1, 0.15) is 60.8 Å². The van der Waals surface area contributed by atoms with Crippen molar-refractivity contribution in [3.05, 3.63) is 0 Å². The van der Waals surface area contributed by atoms with Crippen LogP contribution in [0.4, 0.5) is 0 Å². The van der Waals surface area contributed by atoms with E-state index in [-0.39, 0.29) is 0 Å². The van der Waals surface area contributed by atoms with Crippen molar-refractivity contribution in [2.45, 2.75) is 78.9 Å². The van der Waals surface area contributed by atoms with Crippen LogP contribution in [0, 0.1) is 0 Å². The highest BCUT2D eigenvalue weighted by atomic mass is 16.1. The molecule has 0 saturated carbocycles. The minimum Gasteiger partial charge on any atom is -0.300 e. The molecule has 1 atom stereocenters. The van der Waals surface area contributed by atoms with Gasteiger partial charge in [-0.05, 0) is 34.1 Å². The first-order valence-corrected chi connectivity index (χ1v) is 6.23. The number of carbonyl (C=O) groups excluding carboxylic acids is 1. The fourth-order valence-corrected chi connectivity index (χ4v) is 2.31. The monoisotopic (exact) mass is 213 g/mol. The number of nitrogens with zero attached hydrogens (tertiary/aromatic N) is 1. The third-order valence-electron chi connectivity index (χ3n) is 2.94. The maximum Gasteiger partial charge on any atom is 0.134 e. The van der Waals surface area contributed by atoms with E-state index in [9.17, 15) is 4.79 Å². The Labute approximate surface area is 95.0 Å². The summed E-state index contributed by atoms with van der Waals surface area (Å²) in [4.78, 5) is 14.0. The molecule has 0 saturated heterocycles. The molecule has 0 spiro atoms. The van der Waals surface area contributed by atoms with Gasteiger partial charge in [0.05, 0.1) is 0 Å². The van der Waals surface area contributed by atoms with Gasteiger partial charge < -0.3 is 0 Å². The number of hydrogen-bond donors (Lipinski definition) is 0. The average Bonchev–Trinajstić information content (AvgIpc) is 2.15. The van der Waals surface area contributed by atoms with E-state index in [2.05, 4.69) is 39.5 Å². The zero-order valence-electron chi connectivity index (χ0n) is 11.2. The van der Waals surface area contributed by atoms with Crippen molar-refractivity contribution >= 4 is 5.78 Å². The summed E-state index contributed by atoms with van der Waals surface area (Å²) in [6, 6.07) is 1.44. The molecule has 0 aromatic rings. The largest absolute Gasteiger partial charge is 0.300 e. The van der Waals surface area contributed by atoms with E-state index in [1.165, 1.54) is 0 Å². The van der Waals surface area contributed by atoms with Gasteiger partial charge in [0.25, 0.3) is 0 Å². The molecule has 0 aliphatic heterocycles. The molecule has 90 valence electrons. The number of Topliss-reactive ketones (excluding diaryl/α,β-unsaturated/α-hetero) is 1. The Balaban J connectivity index is 4.52. The zero-order chi connectivity index (χ0) is 12.0. The smallest absolute Gasteiger partial charge is 0.134 e. The molecule has 0 aliphatic rings. The molecule has 2 nitrogen and oxygen atoms in total. The third kappa shape index (κ3) is 4.78. The van der Waals surface area contributed by atoms with Crippen molar-refractivity contribution in [1.29, 1.82) is 0 Å². The Kier molecular flexibility index (Phi) is 6.82. The van der Waals surface area contributed by atoms with Gasteiger partial charge in [0.1, 0.15) is 5.78 Å². The van der Waals surface area contributed by atoms with E-state index in [4.69, 9.17) is 0 Å². The SMILES string of the molecule is CCC(=O)CC(CC)N(C(C)C)C(C)C. The van der Waals surface area contributed by atoms with Gasteiger partial charge in [-0.3, -0.25) is 9.69 Å². The maximum absolute atomic E-state index is 11.5. The molecule has 0 aliphatic carbocycles. The van der Waals surface area contributed by atoms with Crippen molar-refractivity contribution < 1.29 is 4.79 Å². The molecule has 15 heavy (non-hydrogen) atoms. The molecule has 0 N–H and O–H groups in total. The predicted octanol–water partition coefficient (Wildman–Crippen LogP) is 3.25. The Morgan fingerprint density at radius 1 is 1.07 bits per heavy atom. The minimum atomic E-state index is 0.383. The Hall–Kier alpha value is -0.370. The predicted molar refractivity (Wildman–Crippen MR) is 66.1 cm³/mol. The molecule has 0 aromatic heterocycles. The molecule has 0 bridgehead atoms. The Morgan fingerprint density at radius 2 is 1.53 bits per heavy atom. The van der Waals surface area contributed by atoms with E-state index in [1.807, 2.05) is 6.92 Å². The van der Waals surface area contributed by atoms with Crippen molar-refractivity contribution in [1.82, 2.24) is 4.90 Å². The topological polar surface area (TPSA) is 20.3 Å². The van der Waals surface area contributed by atoms with Gasteiger partial charge in [-0.15, -0.1) is 0 Å². The van der Waals surface area contributed by atoms with Crippen molar-refractivity contribution in [3.8, 4) is 0 Å². The molecule has 0 amide bonds. The number of hydrogen-bond acceptors (Lipinski definition) is 2. The highest BCUT2D eigenvalue weighted by Gasteiger charge is 2.23. The van der Waals surface area contributed by atoms with Gasteiger partial charge >= 0.3 is 0 Å². The zero-order valence-corrected chi connectivity index (χ0v) is 11.2. The second kappa shape index (κ2) is 7.00. The van der Waals surface area contributed by atoms with Crippen LogP contribution in [0.25, 0.3) is 0 Å². The van der Waals surface area contributed by atoms with Crippen LogP contribution in [0.5, 0.6) is 0 Å². The summed E-state index contributed by atoms with van der Waals surface area (Å²) in [7, 11) is 0. The lowest BCUT2D eigenvalue weighted by Crippen LogP contribution is -2.45. The molecule has 0 radical (unpaired) electrons. The minimum absolute atomic E-state index is 0.383. The summed E-state index contributed by atoms with van der Waals surface area (Å²) >= 11 is 0. The molecular weight excluding hydrogens is 186 g/mol. The van der Waals surface area contributed by atoms with Crippen LogP contribution in [0.2, 0.25) is 0 Å². The van der Waals surface area contributed by atoms with Crippen LogP contribution in [0.15, 0.2) is 0 Å². The van der Waals surface area contributed by atoms with E-state index in [0.717, 1.165) is 6.42 Å². The standard InChI is InChI=1S/C13H27NO/c1-7-12(9-13(15)8-2)14(10(3)4)11(5)6/h10-12H,7-9H2,1-6H3. The summed E-state index contributed by atoms with van der Waals surface area (Å²) in [5, 5.41) is 0. The number of rotatable bonds is 7. The fourth-order valence-electron chi connectivity index (χ4n) is 2.31. The molecular formula is C13H27NO. The van der Waals surface area contributed by atoms with Gasteiger partial charge in [-0.25, -0.2) is 0 Å². The van der Waals surface area contributed by atoms with Crippen LogP contribution >= 0.6 is 0 Å². The lowest BCUT2D eigenvalue weighted by atomic mass is 10.0. The van der Waals surface area contributed by atoms with E-state index < -0.39 is 0 Å². The van der Waals surface area contributed by atoms with Gasteiger partial charge in [-0.1, -0.05) is 13.8 Å². The Morgan fingerprint density at radius 3 is 1.80 bits per heavy atom. The normalized spacial score (nSPS) is 13.9. The van der Waals surface area contributed by atoms with Crippen LogP contribution in [-0.2, 0) is 4.79 Å². The Bertz CT molecular complexity index is 179. The lowest BCUT2D eigenvalue weighted by Gasteiger charge is -2.37. The first-order chi connectivity index (χ1) is 6.93. The second-order valence-corrected chi connectivity index (χ2v) is 4.79. The highest BCUT2D eigenvalue weighted by Crippen LogP contribution is 2.17. The van der Waals surface area contributed by atoms with Crippen molar-refractivity contribution in [3.63, 3.8) is 0 Å². The van der Waals surface area contributed by atoms with Crippen LogP contribution in [0.3, 0.4) is 0 Å². The lowest BCUT2D eigenvalue weighted by molar-refractivity contribution is -0.120. The summed E-state index contributed by atoms with van der Waals surface area (Å²) in [6.45, 7) is 13.0. The molecule has 0 rings (SSSR count). The van der Waals surface area contributed by atoms with E-state index in [0.29, 0.717) is 36.8 Å². The maximum atomic E-state index is 11.5. The summed E-state index contributed by atoms with van der Waals surface area (Å²) in [5.41, 5.74) is 0. The third-order valence-corrected chi connectivity index (χ3v) is 2.94. The molecule has 0 heterocycles. The van der Waals surface area contributed by atoms with Crippen molar-refractivity contribution in [2.75, 3.05) is 0 Å². The van der Waals surface area contributed by atoms with Gasteiger partial charge in [0.2, 0.25) is 0 Å². The number of ketones is 1. The van der Waals surface area contributed by atoms with Crippen LogP contribution < -0.4 is 0 Å². The molecule has 1 unspecified atom stereocenters. The quantitative estimate of drug-likeness (QED) is 0.647. The van der Waals surface area contributed by atoms with Crippen molar-refractivity contribution in [2.24, 2.45) is 0 Å². The van der Waals surface area contributed by atoms with E-state index >= 15 is 0 Å². The van der Waals surface area contributed by atoms with Gasteiger partial charge in [-0.2, -0.15) is 0 Å². The summed E-state index contributed by atoms with van der Waals surface area (Å²) in [6.07, 6.45) is 2.44. The van der Waals surface area contributed by atoms with Gasteiger partial charge in [0, 0.05) is 31.0 Å². The van der Waals surface area contributed by atoms with Gasteiger partial charge in [0.15, 0.2) is 0 Å². The molecule has 2 heteroatoms. The highest BCUT2D eigenvalue weighted by molar-refractivity contribution is 5.78. The first-order valence-electron chi connectivity index (χ1n) is 6.23. The van der Waals surface area contributed by atoms with Crippen LogP contribution in [-0.4, -0.2) is 28.8 Å². The second-order valence-electron chi connectivity index (χ2n) is 4.79. The number of carbonyl (C=O) groups is 1. The molecule has 0 aromatic carbocycles. The fraction of sp³-hybridized carbons (Fsp3) is 0.923. The van der Waals surface area contributed by atoms with E-state index in [1.54, 1.807) is 0 Å². The molecule has 0 fully saturated rings. The summed E-state index contributed by atoms with van der Waals surface area (Å²) < 4.78 is 0. The summed E-state index contributed by atoms with van der Waals surface area (Å²) in [5.74, 6) is 0.383. The first kappa shape index (κ1) is 14.6. The average molecular weight is 213 g/mol.